The van der Waals surface area contributed by atoms with Crippen molar-refractivity contribution in [3.8, 4) is 11.5 Å². The predicted octanol–water partition coefficient (Wildman–Crippen LogP) is -0.885. The Kier molecular flexibility index (Phi) is 3.93. The van der Waals surface area contributed by atoms with Crippen molar-refractivity contribution in [2.45, 2.75) is 67.2 Å². The largest absolute Gasteiger partial charge is 0.504 e. The summed E-state index contributed by atoms with van der Waals surface area (Å²) in [4.78, 5) is 13.0. The van der Waals surface area contributed by atoms with Gasteiger partial charge in [0.1, 0.15) is 30.5 Å². The molecule has 2 bridgehead atoms. The van der Waals surface area contributed by atoms with Crippen molar-refractivity contribution in [3.63, 3.8) is 0 Å². The normalized spacial score (nSPS) is 47.1. The number of phenolic OH excluding ortho intramolecular Hbond substituents is 1. The predicted molar refractivity (Wildman–Crippen MR) is 111 cm³/mol. The summed E-state index contributed by atoms with van der Waals surface area (Å²) in [7, 11) is 0. The molecule has 10 heteroatoms. The number of nitrogens with zero attached hydrogens (tertiary/aromatic N) is 1. The van der Waals surface area contributed by atoms with Gasteiger partial charge in [-0.1, -0.05) is 18.2 Å². The number of phenols is 1. The third-order valence-electron chi connectivity index (χ3n) is 7.96. The van der Waals surface area contributed by atoms with E-state index in [1.165, 1.54) is 11.0 Å². The minimum atomic E-state index is -2.29. The van der Waals surface area contributed by atoms with Crippen molar-refractivity contribution in [1.82, 2.24) is 4.90 Å². The molecule has 1 aromatic rings. The molecule has 5 N–H and O–H groups in total. The zero-order valence-electron chi connectivity index (χ0n) is 20.4. The molecule has 2 unspecified atom stereocenters. The van der Waals surface area contributed by atoms with Crippen LogP contribution >= 0.6 is 0 Å². The quantitative estimate of drug-likeness (QED) is 0.357. The number of benzene rings is 1. The van der Waals surface area contributed by atoms with Gasteiger partial charge in [-0.2, -0.15) is 0 Å². The van der Waals surface area contributed by atoms with Crippen LogP contribution < -0.4 is 4.74 Å². The number of rotatable bonds is 3. The summed E-state index contributed by atoms with van der Waals surface area (Å²) in [5, 5.41) is 50.7. The fourth-order valence-corrected chi connectivity index (χ4v) is 6.47. The Bertz CT molecular complexity index is 1130. The van der Waals surface area contributed by atoms with Crippen molar-refractivity contribution in [2.24, 2.45) is 5.92 Å². The number of aliphatic carboxylic acids is 1. The lowest BCUT2D eigenvalue weighted by Gasteiger charge is -2.57. The molecule has 6 rings (SSSR count). The first kappa shape index (κ1) is 18.2. The summed E-state index contributed by atoms with van der Waals surface area (Å²) >= 11 is 0. The number of carboxylic acid groups (broad SMARTS) is 1. The molecule has 33 heavy (non-hydrogen) atoms. The molecular formula is C23H27NO9. The maximum atomic E-state index is 11.5. The van der Waals surface area contributed by atoms with Gasteiger partial charge < -0.3 is 44.6 Å². The number of ether oxygens (including phenoxy) is 3. The summed E-state index contributed by atoms with van der Waals surface area (Å²) < 4.78 is 41.8. The standard InChI is InChI=1S/C23H27NO9/c1-24-7-6-23-10-3-5-13(31-22-17(28)15(26)16(27)19(33-22)21(29)30)20(23)32-18-12(25)4-2-9(14(18)23)8-11(10)24/h2-5,10-11,13,15-17,19-20,22,25-28H,6-8H2,1H3,(H,29,30)/t10-,11+,13-,15+,16-,17?,19?,20-,22+,23-/m0/s1/i1D3. The highest BCUT2D eigenvalue weighted by molar-refractivity contribution is 5.73. The second-order valence-corrected chi connectivity index (χ2v) is 9.49. The van der Waals surface area contributed by atoms with Crippen molar-refractivity contribution >= 4 is 5.97 Å². The third kappa shape index (κ3) is 2.73. The van der Waals surface area contributed by atoms with Gasteiger partial charge in [-0.25, -0.2) is 4.79 Å². The van der Waals surface area contributed by atoms with Crippen LogP contribution in [0.3, 0.4) is 0 Å². The van der Waals surface area contributed by atoms with Gasteiger partial charge in [0.05, 0.1) is 0 Å². The highest BCUT2D eigenvalue weighted by atomic mass is 16.7. The molecule has 10 atom stereocenters. The van der Waals surface area contributed by atoms with Gasteiger partial charge >= 0.3 is 5.97 Å². The zero-order chi connectivity index (χ0) is 25.7. The van der Waals surface area contributed by atoms with E-state index in [4.69, 9.17) is 18.3 Å². The summed E-state index contributed by atoms with van der Waals surface area (Å²) in [6.07, 6.45) is -6.03. The molecule has 2 aliphatic carbocycles. The first-order chi connectivity index (χ1) is 16.9. The summed E-state index contributed by atoms with van der Waals surface area (Å²) in [5.41, 5.74) is 0.978. The summed E-state index contributed by atoms with van der Waals surface area (Å²) in [5.74, 6) is -1.52. The zero-order valence-corrected chi connectivity index (χ0v) is 17.4. The highest BCUT2D eigenvalue weighted by Gasteiger charge is 2.65. The first-order valence-electron chi connectivity index (χ1n) is 12.5. The summed E-state index contributed by atoms with van der Waals surface area (Å²) in [6.45, 7) is -2.02. The number of aliphatic hydroxyl groups is 3. The number of likely N-dealkylation sites (N-methyl/N-ethyl adjacent to an activating group) is 1. The van der Waals surface area contributed by atoms with Crippen LogP contribution in [0, 0.1) is 5.92 Å². The Morgan fingerprint density at radius 2 is 2.06 bits per heavy atom. The number of aliphatic hydroxyl groups excluding tert-OH is 3. The van der Waals surface area contributed by atoms with E-state index in [0.717, 1.165) is 11.1 Å². The molecule has 0 saturated carbocycles. The van der Waals surface area contributed by atoms with Crippen LogP contribution in [0.2, 0.25) is 0 Å². The summed E-state index contributed by atoms with van der Waals surface area (Å²) in [6, 6.07) is 2.96. The first-order valence-corrected chi connectivity index (χ1v) is 11.0. The fraction of sp³-hybridized carbons (Fsp3) is 0.609. The van der Waals surface area contributed by atoms with E-state index in [-0.39, 0.29) is 24.3 Å². The lowest BCUT2D eigenvalue weighted by Crippen LogP contribution is -2.66. The number of aromatic hydroxyl groups is 1. The number of hydrogen-bond acceptors (Lipinski definition) is 9. The van der Waals surface area contributed by atoms with E-state index >= 15 is 0 Å². The van der Waals surface area contributed by atoms with E-state index in [1.54, 1.807) is 12.1 Å². The molecule has 178 valence electrons. The number of hydrogen-bond donors (Lipinski definition) is 5. The molecule has 10 nitrogen and oxygen atoms in total. The Morgan fingerprint density at radius 3 is 2.82 bits per heavy atom. The van der Waals surface area contributed by atoms with Gasteiger partial charge in [0.25, 0.3) is 0 Å². The van der Waals surface area contributed by atoms with Crippen LogP contribution in [0.1, 0.15) is 21.7 Å². The van der Waals surface area contributed by atoms with Gasteiger partial charge in [-0.15, -0.1) is 0 Å². The molecule has 1 aromatic carbocycles. The Balaban J connectivity index is 1.39. The fourth-order valence-electron chi connectivity index (χ4n) is 6.47. The maximum Gasteiger partial charge on any atom is 0.335 e. The van der Waals surface area contributed by atoms with Gasteiger partial charge in [0.15, 0.2) is 23.9 Å². The lowest BCUT2D eigenvalue weighted by molar-refractivity contribution is -0.307. The number of carboxylic acids is 1. The van der Waals surface area contributed by atoms with E-state index in [9.17, 15) is 30.3 Å². The molecule has 0 aromatic heterocycles. The van der Waals surface area contributed by atoms with Crippen molar-refractivity contribution < 1.29 is 48.7 Å². The number of likely N-dealkylation sites (tertiary alicyclic amines) is 1. The van der Waals surface area contributed by atoms with E-state index in [2.05, 4.69) is 0 Å². The Hall–Kier alpha value is -2.21. The number of piperidine rings is 1. The molecule has 0 radical (unpaired) electrons. The van der Waals surface area contributed by atoms with Gasteiger partial charge in [-0.3, -0.25) is 0 Å². The number of carbonyl (C=O) groups is 1. The molecular weight excluding hydrogens is 434 g/mol. The average molecular weight is 464 g/mol. The van der Waals surface area contributed by atoms with Crippen LogP contribution in [0.15, 0.2) is 24.3 Å². The maximum absolute atomic E-state index is 11.5. The second kappa shape index (κ2) is 7.14. The van der Waals surface area contributed by atoms with Crippen molar-refractivity contribution in [3.05, 3.63) is 35.4 Å². The van der Waals surface area contributed by atoms with Crippen LogP contribution in [0.5, 0.6) is 11.5 Å². The highest BCUT2D eigenvalue weighted by Crippen LogP contribution is 2.62. The molecule has 5 aliphatic rings. The SMILES string of the molecule is [2H]C([2H])([2H])N1CC[C@]23c4c5ccc(O)c4O[C@H]2[C@@H](O[C@@H]2OC(C(=O)O)[C@@H](O)[C@@H](O)C2O)C=C[C@H]3[C@H]1C5. The van der Waals surface area contributed by atoms with Crippen molar-refractivity contribution in [1.29, 1.82) is 0 Å². The molecule has 3 heterocycles. The van der Waals surface area contributed by atoms with E-state index in [1.807, 2.05) is 6.08 Å². The average Bonchev–Trinajstić information content (AvgIpc) is 3.15. The minimum Gasteiger partial charge on any atom is -0.504 e. The van der Waals surface area contributed by atoms with Crippen LogP contribution in [0.25, 0.3) is 0 Å². The topological polar surface area (TPSA) is 149 Å². The lowest BCUT2D eigenvalue weighted by atomic mass is 9.53. The Morgan fingerprint density at radius 1 is 1.24 bits per heavy atom. The molecule has 2 fully saturated rings. The van der Waals surface area contributed by atoms with Gasteiger partial charge in [0.2, 0.25) is 0 Å². The molecule has 1 spiro atoms. The van der Waals surface area contributed by atoms with E-state index < -0.39 is 61.3 Å². The van der Waals surface area contributed by atoms with Crippen molar-refractivity contribution in [2.75, 3.05) is 13.5 Å². The Labute approximate surface area is 193 Å². The third-order valence-corrected chi connectivity index (χ3v) is 7.96. The minimum absolute atomic E-state index is 0.0508. The van der Waals surface area contributed by atoms with Gasteiger partial charge in [0, 0.05) is 27.1 Å². The van der Waals surface area contributed by atoms with Gasteiger partial charge in [-0.05, 0) is 38.0 Å². The molecule has 2 saturated heterocycles. The van der Waals surface area contributed by atoms with Crippen LogP contribution in [-0.2, 0) is 26.1 Å². The van der Waals surface area contributed by atoms with Crippen LogP contribution in [-0.4, -0.2) is 98.9 Å². The smallest absolute Gasteiger partial charge is 0.335 e. The molecule has 0 amide bonds. The van der Waals surface area contributed by atoms with E-state index in [0.29, 0.717) is 18.6 Å². The van der Waals surface area contributed by atoms with Crippen LogP contribution in [0.4, 0.5) is 0 Å². The monoisotopic (exact) mass is 464 g/mol. The molecule has 3 aliphatic heterocycles. The second-order valence-electron chi connectivity index (χ2n) is 9.49.